The summed E-state index contributed by atoms with van der Waals surface area (Å²) in [7, 11) is 0. The number of halogens is 3. The van der Waals surface area contributed by atoms with E-state index in [1.165, 1.54) is 4.90 Å². The minimum absolute atomic E-state index is 0.0149. The summed E-state index contributed by atoms with van der Waals surface area (Å²) in [6, 6.07) is -1.38. The molecule has 3 nitrogen and oxygen atoms in total. The fourth-order valence-electron chi connectivity index (χ4n) is 2.42. The van der Waals surface area contributed by atoms with Gasteiger partial charge in [-0.15, -0.1) is 0 Å². The Labute approximate surface area is 107 Å². The van der Waals surface area contributed by atoms with Crippen LogP contribution in [0.4, 0.5) is 13.2 Å². The first-order valence-electron chi connectivity index (χ1n) is 6.42. The fraction of sp³-hybridized carbons (Fsp3) is 1.00. The molecule has 1 saturated heterocycles. The monoisotopic (exact) mass is 267 g/mol. The molecule has 0 saturated carbocycles. The summed E-state index contributed by atoms with van der Waals surface area (Å²) in [4.78, 5) is 3.74. The molecular weight excluding hydrogens is 243 g/mol. The molecule has 0 radical (unpaired) electrons. The van der Waals surface area contributed by atoms with Crippen LogP contribution in [0.3, 0.4) is 0 Å². The highest BCUT2D eigenvalue weighted by atomic mass is 19.4. The second-order valence-corrected chi connectivity index (χ2v) is 5.83. The normalized spacial score (nSPS) is 22.2. The Morgan fingerprint density at radius 1 is 1.06 bits per heavy atom. The lowest BCUT2D eigenvalue weighted by atomic mass is 10.0. The van der Waals surface area contributed by atoms with E-state index < -0.39 is 12.2 Å². The zero-order valence-electron chi connectivity index (χ0n) is 11.4. The Kier molecular flexibility index (Phi) is 5.03. The van der Waals surface area contributed by atoms with Crippen LogP contribution in [0.1, 0.15) is 27.2 Å². The lowest BCUT2D eigenvalue weighted by Crippen LogP contribution is -2.58. The van der Waals surface area contributed by atoms with E-state index in [-0.39, 0.29) is 18.5 Å². The number of piperazine rings is 1. The van der Waals surface area contributed by atoms with Gasteiger partial charge in [0.05, 0.1) is 0 Å². The summed E-state index contributed by atoms with van der Waals surface area (Å²) in [5.74, 6) is 0. The Morgan fingerprint density at radius 2 is 1.56 bits per heavy atom. The molecule has 0 bridgehead atoms. The van der Waals surface area contributed by atoms with Gasteiger partial charge in [0.2, 0.25) is 0 Å². The molecule has 0 aliphatic carbocycles. The molecule has 1 rings (SSSR count). The molecule has 0 aromatic heterocycles. The van der Waals surface area contributed by atoms with Gasteiger partial charge in [0.1, 0.15) is 6.04 Å². The molecule has 2 N–H and O–H groups in total. The summed E-state index contributed by atoms with van der Waals surface area (Å²) in [5, 5.41) is 0. The second-order valence-electron chi connectivity index (χ2n) is 5.83. The number of nitrogens with zero attached hydrogens (tertiary/aromatic N) is 2. The van der Waals surface area contributed by atoms with Crippen LogP contribution in [0.25, 0.3) is 0 Å². The molecule has 0 aromatic carbocycles. The molecule has 0 aromatic rings. The Hall–Kier alpha value is -0.330. The molecule has 0 amide bonds. The van der Waals surface area contributed by atoms with Crippen molar-refractivity contribution in [2.24, 2.45) is 5.73 Å². The molecule has 1 unspecified atom stereocenters. The van der Waals surface area contributed by atoms with Gasteiger partial charge in [-0.1, -0.05) is 0 Å². The molecule has 1 heterocycles. The van der Waals surface area contributed by atoms with Crippen LogP contribution in [0.15, 0.2) is 0 Å². The maximum atomic E-state index is 12.9. The van der Waals surface area contributed by atoms with Crippen LogP contribution >= 0.6 is 0 Å². The van der Waals surface area contributed by atoms with E-state index >= 15 is 0 Å². The van der Waals surface area contributed by atoms with Crippen LogP contribution in [0.2, 0.25) is 0 Å². The van der Waals surface area contributed by atoms with Gasteiger partial charge in [0, 0.05) is 31.7 Å². The lowest BCUT2D eigenvalue weighted by Gasteiger charge is -2.44. The van der Waals surface area contributed by atoms with Crippen molar-refractivity contribution in [2.75, 3.05) is 32.7 Å². The average Bonchev–Trinajstić information content (AvgIpc) is 2.23. The van der Waals surface area contributed by atoms with Crippen molar-refractivity contribution < 1.29 is 13.2 Å². The van der Waals surface area contributed by atoms with E-state index in [1.807, 2.05) is 0 Å². The van der Waals surface area contributed by atoms with Crippen molar-refractivity contribution in [1.82, 2.24) is 9.80 Å². The summed E-state index contributed by atoms with van der Waals surface area (Å²) in [5.41, 5.74) is 5.31. The van der Waals surface area contributed by atoms with Crippen molar-refractivity contribution in [3.05, 3.63) is 0 Å². The summed E-state index contributed by atoms with van der Waals surface area (Å²) in [6.07, 6.45) is -4.19. The van der Waals surface area contributed by atoms with Gasteiger partial charge in [-0.3, -0.25) is 9.80 Å². The first-order valence-corrected chi connectivity index (χ1v) is 6.42. The van der Waals surface area contributed by atoms with Crippen LogP contribution in [0, 0.1) is 0 Å². The van der Waals surface area contributed by atoms with Crippen molar-refractivity contribution in [3.63, 3.8) is 0 Å². The number of alkyl halides is 3. The molecule has 1 atom stereocenters. The highest BCUT2D eigenvalue weighted by molar-refractivity contribution is 4.87. The second kappa shape index (κ2) is 5.75. The zero-order valence-corrected chi connectivity index (χ0v) is 11.4. The topological polar surface area (TPSA) is 32.5 Å². The Morgan fingerprint density at radius 3 is 1.89 bits per heavy atom. The van der Waals surface area contributed by atoms with Gasteiger partial charge in [-0.2, -0.15) is 13.2 Å². The van der Waals surface area contributed by atoms with Gasteiger partial charge in [0.15, 0.2) is 0 Å². The summed E-state index contributed by atoms with van der Waals surface area (Å²) >= 11 is 0. The summed E-state index contributed by atoms with van der Waals surface area (Å²) < 4.78 is 38.7. The molecule has 108 valence electrons. The predicted octanol–water partition coefficient (Wildman–Crippen LogP) is 1.68. The molecular formula is C12H24F3N3. The first kappa shape index (κ1) is 15.7. The smallest absolute Gasteiger partial charge is 0.330 e. The zero-order chi connectivity index (χ0) is 14.0. The first-order chi connectivity index (χ1) is 8.16. The highest BCUT2D eigenvalue weighted by Gasteiger charge is 2.44. The standard InChI is InChI=1S/C12H24F3N3/c1-11(2,3)18-8-6-17(7-9-18)10(4-5-16)12(13,14)15/h10H,4-9,16H2,1-3H3. The van der Waals surface area contributed by atoms with E-state index in [0.29, 0.717) is 26.2 Å². The average molecular weight is 267 g/mol. The van der Waals surface area contributed by atoms with Gasteiger partial charge in [0.25, 0.3) is 0 Å². The van der Waals surface area contributed by atoms with Crippen LogP contribution in [-0.2, 0) is 0 Å². The minimum atomic E-state index is -4.18. The van der Waals surface area contributed by atoms with E-state index in [9.17, 15) is 13.2 Å². The molecule has 1 aliphatic heterocycles. The molecule has 0 spiro atoms. The van der Waals surface area contributed by atoms with Gasteiger partial charge in [-0.05, 0) is 33.7 Å². The van der Waals surface area contributed by atoms with Crippen LogP contribution in [0.5, 0.6) is 0 Å². The van der Waals surface area contributed by atoms with Crippen molar-refractivity contribution in [3.8, 4) is 0 Å². The van der Waals surface area contributed by atoms with Crippen LogP contribution in [-0.4, -0.2) is 60.3 Å². The van der Waals surface area contributed by atoms with Crippen molar-refractivity contribution in [2.45, 2.75) is 44.9 Å². The van der Waals surface area contributed by atoms with Gasteiger partial charge in [-0.25, -0.2) is 0 Å². The fourth-order valence-corrected chi connectivity index (χ4v) is 2.42. The molecule has 18 heavy (non-hydrogen) atoms. The van der Waals surface area contributed by atoms with E-state index in [2.05, 4.69) is 25.7 Å². The number of nitrogens with two attached hydrogens (primary N) is 1. The van der Waals surface area contributed by atoms with Crippen LogP contribution < -0.4 is 5.73 Å². The Bertz CT molecular complexity index is 252. The highest BCUT2D eigenvalue weighted by Crippen LogP contribution is 2.28. The number of rotatable bonds is 3. The van der Waals surface area contributed by atoms with Crippen molar-refractivity contribution >= 4 is 0 Å². The minimum Gasteiger partial charge on any atom is -0.330 e. The number of hydrogen-bond donors (Lipinski definition) is 1. The third-order valence-electron chi connectivity index (χ3n) is 3.52. The van der Waals surface area contributed by atoms with Gasteiger partial charge < -0.3 is 5.73 Å². The predicted molar refractivity (Wildman–Crippen MR) is 66.4 cm³/mol. The third kappa shape index (κ3) is 4.10. The maximum absolute atomic E-state index is 12.9. The largest absolute Gasteiger partial charge is 0.404 e. The van der Waals surface area contributed by atoms with E-state index in [1.54, 1.807) is 0 Å². The van der Waals surface area contributed by atoms with Gasteiger partial charge >= 0.3 is 6.18 Å². The molecule has 6 heteroatoms. The van der Waals surface area contributed by atoms with E-state index in [0.717, 1.165) is 0 Å². The maximum Gasteiger partial charge on any atom is 0.404 e. The quantitative estimate of drug-likeness (QED) is 0.844. The molecule has 1 aliphatic rings. The van der Waals surface area contributed by atoms with E-state index in [4.69, 9.17) is 5.73 Å². The van der Waals surface area contributed by atoms with Crippen molar-refractivity contribution in [1.29, 1.82) is 0 Å². The number of hydrogen-bond acceptors (Lipinski definition) is 3. The summed E-state index contributed by atoms with van der Waals surface area (Å²) in [6.45, 7) is 8.62. The molecule has 1 fully saturated rings. The SMILES string of the molecule is CC(C)(C)N1CCN(C(CCN)C(F)(F)F)CC1. The Balaban J connectivity index is 2.60. The lowest BCUT2D eigenvalue weighted by molar-refractivity contribution is -0.190. The third-order valence-corrected chi connectivity index (χ3v) is 3.52.